The number of carboxylic acids is 1. The standard InChI is InChI=1S/C25H23FO5/c1-17-19(5-3-7-23(17)18-4-2-6-21(26)12-18)13-30-22-10-8-20(9-11-22)25(15-29-16-25)31-14-24(27)28/h2-12H,13-16H2,1H3,(H,27,28). The van der Waals surface area contributed by atoms with Gasteiger partial charge >= 0.3 is 5.97 Å². The predicted molar refractivity (Wildman–Crippen MR) is 113 cm³/mol. The van der Waals surface area contributed by atoms with Gasteiger partial charge in [0.05, 0.1) is 13.2 Å². The van der Waals surface area contributed by atoms with Crippen molar-refractivity contribution in [3.63, 3.8) is 0 Å². The lowest BCUT2D eigenvalue weighted by atomic mass is 9.91. The number of halogens is 1. The molecule has 31 heavy (non-hydrogen) atoms. The van der Waals surface area contributed by atoms with E-state index in [9.17, 15) is 9.18 Å². The van der Waals surface area contributed by atoms with Crippen LogP contribution in [0.1, 0.15) is 16.7 Å². The highest BCUT2D eigenvalue weighted by Crippen LogP contribution is 2.35. The predicted octanol–water partition coefficient (Wildman–Crippen LogP) is 4.71. The van der Waals surface area contributed by atoms with E-state index in [1.807, 2.05) is 55.5 Å². The number of hydrogen-bond acceptors (Lipinski definition) is 4. The van der Waals surface area contributed by atoms with Gasteiger partial charge in [0.1, 0.15) is 30.4 Å². The van der Waals surface area contributed by atoms with Crippen LogP contribution in [0.5, 0.6) is 5.75 Å². The van der Waals surface area contributed by atoms with Gasteiger partial charge < -0.3 is 19.3 Å². The fourth-order valence-electron chi connectivity index (χ4n) is 3.65. The van der Waals surface area contributed by atoms with E-state index in [4.69, 9.17) is 19.3 Å². The average molecular weight is 422 g/mol. The molecule has 0 aromatic heterocycles. The summed E-state index contributed by atoms with van der Waals surface area (Å²) in [5.74, 6) is -0.587. The Hall–Kier alpha value is -3.22. The molecule has 0 bridgehead atoms. The summed E-state index contributed by atoms with van der Waals surface area (Å²) < 4.78 is 30.4. The molecule has 1 saturated heterocycles. The fourth-order valence-corrected chi connectivity index (χ4v) is 3.65. The first-order chi connectivity index (χ1) is 15.0. The highest BCUT2D eigenvalue weighted by atomic mass is 19.1. The van der Waals surface area contributed by atoms with Crippen LogP contribution in [0.3, 0.4) is 0 Å². The SMILES string of the molecule is Cc1c(COc2ccc(C3(OCC(=O)O)COC3)cc2)cccc1-c1cccc(F)c1. The van der Waals surface area contributed by atoms with E-state index in [0.717, 1.165) is 27.8 Å². The minimum absolute atomic E-state index is 0.263. The molecule has 1 aliphatic rings. The van der Waals surface area contributed by atoms with Crippen LogP contribution in [-0.2, 0) is 26.5 Å². The molecule has 0 spiro atoms. The normalized spacial score (nSPS) is 14.6. The van der Waals surface area contributed by atoms with E-state index in [2.05, 4.69) is 0 Å². The molecule has 3 aromatic rings. The lowest BCUT2D eigenvalue weighted by molar-refractivity contribution is -0.220. The second-order valence-electron chi connectivity index (χ2n) is 7.58. The maximum atomic E-state index is 13.6. The summed E-state index contributed by atoms with van der Waals surface area (Å²) in [5, 5.41) is 8.89. The number of ether oxygens (including phenoxy) is 3. The first kappa shape index (κ1) is 21.0. The molecule has 1 heterocycles. The van der Waals surface area contributed by atoms with Crippen LogP contribution in [-0.4, -0.2) is 30.9 Å². The molecule has 0 saturated carbocycles. The van der Waals surface area contributed by atoms with Crippen molar-refractivity contribution in [1.82, 2.24) is 0 Å². The molecule has 0 radical (unpaired) electrons. The Labute approximate surface area is 180 Å². The van der Waals surface area contributed by atoms with Crippen molar-refractivity contribution >= 4 is 5.97 Å². The largest absolute Gasteiger partial charge is 0.489 e. The van der Waals surface area contributed by atoms with Crippen molar-refractivity contribution in [2.75, 3.05) is 19.8 Å². The second-order valence-corrected chi connectivity index (χ2v) is 7.58. The molecule has 0 amide bonds. The smallest absolute Gasteiger partial charge is 0.329 e. The molecule has 0 unspecified atom stereocenters. The Kier molecular flexibility index (Phi) is 6.02. The van der Waals surface area contributed by atoms with Crippen LogP contribution >= 0.6 is 0 Å². The number of benzene rings is 3. The summed E-state index contributed by atoms with van der Waals surface area (Å²) in [6.07, 6.45) is 0. The van der Waals surface area contributed by atoms with Gasteiger partial charge in [0, 0.05) is 0 Å². The number of rotatable bonds is 8. The Bertz CT molecular complexity index is 1070. The van der Waals surface area contributed by atoms with Crippen molar-refractivity contribution in [2.45, 2.75) is 19.1 Å². The minimum atomic E-state index is -1.01. The van der Waals surface area contributed by atoms with Gasteiger partial charge in [0.2, 0.25) is 0 Å². The molecule has 160 valence electrons. The van der Waals surface area contributed by atoms with Gasteiger partial charge in [-0.05, 0) is 59.0 Å². The Balaban J connectivity index is 1.45. The maximum absolute atomic E-state index is 13.6. The summed E-state index contributed by atoms with van der Waals surface area (Å²) in [4.78, 5) is 10.8. The number of carboxylic acid groups (broad SMARTS) is 1. The Morgan fingerprint density at radius 2 is 1.84 bits per heavy atom. The van der Waals surface area contributed by atoms with Gasteiger partial charge in [-0.3, -0.25) is 0 Å². The molecule has 0 aliphatic carbocycles. The van der Waals surface area contributed by atoms with Crippen LogP contribution in [0.4, 0.5) is 4.39 Å². The average Bonchev–Trinajstić information content (AvgIpc) is 2.73. The van der Waals surface area contributed by atoms with E-state index in [1.54, 1.807) is 6.07 Å². The molecular weight excluding hydrogens is 399 g/mol. The molecule has 0 atom stereocenters. The highest BCUT2D eigenvalue weighted by Gasteiger charge is 2.42. The molecule has 6 heteroatoms. The number of carbonyl (C=O) groups is 1. The molecule has 3 aromatic carbocycles. The molecule has 1 aliphatic heterocycles. The number of hydrogen-bond donors (Lipinski definition) is 1. The zero-order valence-electron chi connectivity index (χ0n) is 17.1. The Morgan fingerprint density at radius 3 is 2.48 bits per heavy atom. The summed E-state index contributed by atoms with van der Waals surface area (Å²) >= 11 is 0. The van der Waals surface area contributed by atoms with Crippen LogP contribution in [0.25, 0.3) is 11.1 Å². The molecule has 1 N–H and O–H groups in total. The summed E-state index contributed by atoms with van der Waals surface area (Å²) in [7, 11) is 0. The fraction of sp³-hybridized carbons (Fsp3) is 0.240. The quantitative estimate of drug-likeness (QED) is 0.570. The topological polar surface area (TPSA) is 65.0 Å². The van der Waals surface area contributed by atoms with Gasteiger partial charge in [-0.25, -0.2) is 9.18 Å². The number of aliphatic carboxylic acids is 1. The van der Waals surface area contributed by atoms with Crippen LogP contribution < -0.4 is 4.74 Å². The molecule has 5 nitrogen and oxygen atoms in total. The zero-order chi connectivity index (χ0) is 21.8. The molecule has 4 rings (SSSR count). The van der Waals surface area contributed by atoms with Gasteiger partial charge in [-0.15, -0.1) is 0 Å². The summed E-state index contributed by atoms with van der Waals surface area (Å²) in [6.45, 7) is 2.65. The van der Waals surface area contributed by atoms with E-state index < -0.39 is 11.6 Å². The van der Waals surface area contributed by atoms with Gasteiger partial charge in [0.15, 0.2) is 0 Å². The van der Waals surface area contributed by atoms with E-state index in [0.29, 0.717) is 25.6 Å². The zero-order valence-corrected chi connectivity index (χ0v) is 17.1. The van der Waals surface area contributed by atoms with Gasteiger partial charge in [0.25, 0.3) is 0 Å². The lowest BCUT2D eigenvalue weighted by Crippen LogP contribution is -2.49. The molecule has 1 fully saturated rings. The molecular formula is C25H23FO5. The third kappa shape index (κ3) is 4.60. The van der Waals surface area contributed by atoms with Crippen LogP contribution in [0.2, 0.25) is 0 Å². The van der Waals surface area contributed by atoms with Crippen molar-refractivity contribution in [3.8, 4) is 16.9 Å². The van der Waals surface area contributed by atoms with Gasteiger partial charge in [-0.2, -0.15) is 0 Å². The van der Waals surface area contributed by atoms with Crippen LogP contribution in [0, 0.1) is 12.7 Å². The lowest BCUT2D eigenvalue weighted by Gasteiger charge is -2.41. The van der Waals surface area contributed by atoms with Crippen molar-refractivity contribution < 1.29 is 28.5 Å². The van der Waals surface area contributed by atoms with Crippen molar-refractivity contribution in [1.29, 1.82) is 0 Å². The van der Waals surface area contributed by atoms with E-state index in [-0.39, 0.29) is 12.4 Å². The maximum Gasteiger partial charge on any atom is 0.329 e. The Morgan fingerprint density at radius 1 is 1.10 bits per heavy atom. The highest BCUT2D eigenvalue weighted by molar-refractivity contribution is 5.68. The minimum Gasteiger partial charge on any atom is -0.489 e. The third-order valence-corrected chi connectivity index (χ3v) is 5.50. The van der Waals surface area contributed by atoms with E-state index in [1.165, 1.54) is 12.1 Å². The second kappa shape index (κ2) is 8.88. The summed E-state index contributed by atoms with van der Waals surface area (Å²) in [6, 6.07) is 19.9. The first-order valence-electron chi connectivity index (χ1n) is 9.98. The van der Waals surface area contributed by atoms with E-state index >= 15 is 0 Å². The van der Waals surface area contributed by atoms with Crippen LogP contribution in [0.15, 0.2) is 66.7 Å². The third-order valence-electron chi connectivity index (χ3n) is 5.50. The first-order valence-corrected chi connectivity index (χ1v) is 9.98. The van der Waals surface area contributed by atoms with Crippen molar-refractivity contribution in [2.24, 2.45) is 0 Å². The van der Waals surface area contributed by atoms with Crippen molar-refractivity contribution in [3.05, 3.63) is 89.2 Å². The van der Waals surface area contributed by atoms with Gasteiger partial charge in [-0.1, -0.05) is 42.5 Å². The summed E-state index contributed by atoms with van der Waals surface area (Å²) in [5.41, 5.74) is 4.00. The monoisotopic (exact) mass is 422 g/mol.